The molecule has 0 radical (unpaired) electrons. The monoisotopic (exact) mass is 264 g/mol. The van der Waals surface area contributed by atoms with Crippen LogP contribution in [0.2, 0.25) is 5.02 Å². The maximum atomic E-state index is 11.7. The molecule has 1 aromatic carbocycles. The van der Waals surface area contributed by atoms with Crippen LogP contribution in [0, 0.1) is 0 Å². The molecule has 0 saturated carbocycles. The number of piperidine rings is 1. The van der Waals surface area contributed by atoms with E-state index in [0.29, 0.717) is 34.9 Å². The molecule has 0 bridgehead atoms. The first-order chi connectivity index (χ1) is 8.63. The van der Waals surface area contributed by atoms with Crippen LogP contribution in [-0.2, 0) is 9.59 Å². The molecule has 1 aromatic heterocycles. The van der Waals surface area contributed by atoms with Gasteiger partial charge in [0.25, 0.3) is 0 Å². The van der Waals surface area contributed by atoms with Gasteiger partial charge in [-0.3, -0.25) is 14.9 Å². The van der Waals surface area contributed by atoms with Crippen molar-refractivity contribution in [3.63, 3.8) is 0 Å². The van der Waals surface area contributed by atoms with Crippen LogP contribution in [-0.4, -0.2) is 16.8 Å². The summed E-state index contributed by atoms with van der Waals surface area (Å²) in [5.74, 6) is -0.787. The average molecular weight is 265 g/mol. The number of rotatable bonds is 1. The third-order valence-corrected chi connectivity index (χ3v) is 3.14. The van der Waals surface area contributed by atoms with Crippen molar-refractivity contribution in [3.8, 4) is 0 Å². The minimum atomic E-state index is -0.506. The van der Waals surface area contributed by atoms with Crippen LogP contribution in [0.5, 0.6) is 0 Å². The van der Waals surface area contributed by atoms with Gasteiger partial charge in [0.15, 0.2) is 5.58 Å². The van der Waals surface area contributed by atoms with Gasteiger partial charge in [-0.1, -0.05) is 11.6 Å². The second-order valence-electron chi connectivity index (χ2n) is 4.17. The average Bonchev–Trinajstić information content (AvgIpc) is 2.71. The predicted molar refractivity (Wildman–Crippen MR) is 64.1 cm³/mol. The van der Waals surface area contributed by atoms with Crippen molar-refractivity contribution in [2.75, 3.05) is 0 Å². The SMILES string of the molecule is O=C1CC[C@@H](c2nc3cc(Cl)ccc3o2)C(=O)N1. The second kappa shape index (κ2) is 4.10. The Kier molecular flexibility index (Phi) is 2.56. The smallest absolute Gasteiger partial charge is 0.239 e. The third-order valence-electron chi connectivity index (χ3n) is 2.90. The van der Waals surface area contributed by atoms with E-state index >= 15 is 0 Å². The Labute approximate surface area is 107 Å². The molecular formula is C12H9ClN2O3. The Bertz CT molecular complexity index is 650. The van der Waals surface area contributed by atoms with Gasteiger partial charge in [-0.15, -0.1) is 0 Å². The maximum absolute atomic E-state index is 11.7. The summed E-state index contributed by atoms with van der Waals surface area (Å²) in [7, 11) is 0. The molecule has 5 nitrogen and oxygen atoms in total. The number of hydrogen-bond acceptors (Lipinski definition) is 4. The fourth-order valence-electron chi connectivity index (χ4n) is 2.00. The summed E-state index contributed by atoms with van der Waals surface area (Å²) in [5.41, 5.74) is 1.20. The Morgan fingerprint density at radius 2 is 2.22 bits per heavy atom. The number of aromatic nitrogens is 1. The third kappa shape index (κ3) is 1.86. The summed E-state index contributed by atoms with van der Waals surface area (Å²) < 4.78 is 5.53. The van der Waals surface area contributed by atoms with Crippen LogP contribution in [0.4, 0.5) is 0 Å². The lowest BCUT2D eigenvalue weighted by Crippen LogP contribution is -2.39. The number of oxazole rings is 1. The lowest BCUT2D eigenvalue weighted by Gasteiger charge is -2.17. The highest BCUT2D eigenvalue weighted by molar-refractivity contribution is 6.31. The van der Waals surface area contributed by atoms with Gasteiger partial charge in [-0.05, 0) is 24.6 Å². The standard InChI is InChI=1S/C12H9ClN2O3/c13-6-1-3-9-8(5-6)14-12(18-9)7-2-4-10(16)15-11(7)17/h1,3,5,7H,2,4H2,(H,15,16,17)/t7-/m1/s1. The summed E-state index contributed by atoms with van der Waals surface area (Å²) in [4.78, 5) is 27.0. The summed E-state index contributed by atoms with van der Waals surface area (Å²) in [6.45, 7) is 0. The van der Waals surface area contributed by atoms with Gasteiger partial charge >= 0.3 is 0 Å². The number of halogens is 1. The first-order valence-electron chi connectivity index (χ1n) is 5.53. The van der Waals surface area contributed by atoms with E-state index < -0.39 is 5.92 Å². The molecule has 0 spiro atoms. The number of fused-ring (bicyclic) bond motifs is 1. The van der Waals surface area contributed by atoms with Crippen molar-refractivity contribution in [2.45, 2.75) is 18.8 Å². The molecule has 0 aliphatic carbocycles. The van der Waals surface area contributed by atoms with E-state index in [4.69, 9.17) is 16.0 Å². The maximum Gasteiger partial charge on any atom is 0.239 e. The van der Waals surface area contributed by atoms with E-state index in [0.717, 1.165) is 0 Å². The first-order valence-corrected chi connectivity index (χ1v) is 5.91. The highest BCUT2D eigenvalue weighted by Gasteiger charge is 2.31. The molecule has 1 aliphatic rings. The van der Waals surface area contributed by atoms with Crippen molar-refractivity contribution in [1.82, 2.24) is 10.3 Å². The zero-order valence-electron chi connectivity index (χ0n) is 9.27. The van der Waals surface area contributed by atoms with E-state index in [9.17, 15) is 9.59 Å². The molecule has 2 amide bonds. The molecule has 1 atom stereocenters. The molecule has 2 aromatic rings. The van der Waals surface area contributed by atoms with Gasteiger partial charge in [0.2, 0.25) is 17.7 Å². The number of nitrogens with zero attached hydrogens (tertiary/aromatic N) is 1. The van der Waals surface area contributed by atoms with E-state index in [1.807, 2.05) is 0 Å². The molecule has 1 fully saturated rings. The highest BCUT2D eigenvalue weighted by atomic mass is 35.5. The fourth-order valence-corrected chi connectivity index (χ4v) is 2.16. The summed E-state index contributed by atoms with van der Waals surface area (Å²) in [5, 5.41) is 2.84. The van der Waals surface area contributed by atoms with Gasteiger partial charge in [-0.25, -0.2) is 4.98 Å². The molecule has 92 valence electrons. The molecule has 3 rings (SSSR count). The van der Waals surface area contributed by atoms with Gasteiger partial charge in [0.1, 0.15) is 11.4 Å². The van der Waals surface area contributed by atoms with Crippen molar-refractivity contribution in [3.05, 3.63) is 29.1 Å². The van der Waals surface area contributed by atoms with Crippen LogP contribution in [0.15, 0.2) is 22.6 Å². The summed E-state index contributed by atoms with van der Waals surface area (Å²) in [6, 6.07) is 5.08. The lowest BCUT2D eigenvalue weighted by atomic mass is 9.98. The Hall–Kier alpha value is -1.88. The molecule has 1 N–H and O–H groups in total. The van der Waals surface area contributed by atoms with E-state index in [1.54, 1.807) is 18.2 Å². The van der Waals surface area contributed by atoms with Crippen LogP contribution in [0.1, 0.15) is 24.7 Å². The lowest BCUT2D eigenvalue weighted by molar-refractivity contribution is -0.134. The van der Waals surface area contributed by atoms with Crippen LogP contribution in [0.25, 0.3) is 11.1 Å². The molecule has 6 heteroatoms. The largest absolute Gasteiger partial charge is 0.440 e. The number of hydrogen-bond donors (Lipinski definition) is 1. The molecule has 1 saturated heterocycles. The normalized spacial score (nSPS) is 20.2. The molecule has 18 heavy (non-hydrogen) atoms. The second-order valence-corrected chi connectivity index (χ2v) is 4.60. The minimum absolute atomic E-state index is 0.254. The van der Waals surface area contributed by atoms with Gasteiger partial charge in [0.05, 0.1) is 0 Å². The number of carbonyl (C=O) groups is 2. The first kappa shape index (κ1) is 11.2. The van der Waals surface area contributed by atoms with Gasteiger partial charge < -0.3 is 4.42 Å². The fraction of sp³-hybridized carbons (Fsp3) is 0.250. The number of benzene rings is 1. The van der Waals surface area contributed by atoms with Crippen molar-refractivity contribution >= 4 is 34.5 Å². The predicted octanol–water partition coefficient (Wildman–Crippen LogP) is 2.00. The van der Waals surface area contributed by atoms with Crippen LogP contribution >= 0.6 is 11.6 Å². The number of carbonyl (C=O) groups excluding carboxylic acids is 2. The molecular weight excluding hydrogens is 256 g/mol. The van der Waals surface area contributed by atoms with Crippen molar-refractivity contribution in [1.29, 1.82) is 0 Å². The quantitative estimate of drug-likeness (QED) is 0.800. The van der Waals surface area contributed by atoms with Crippen molar-refractivity contribution < 1.29 is 14.0 Å². The topological polar surface area (TPSA) is 72.2 Å². The summed E-state index contributed by atoms with van der Waals surface area (Å²) in [6.07, 6.45) is 0.723. The zero-order valence-corrected chi connectivity index (χ0v) is 10.0. The van der Waals surface area contributed by atoms with Gasteiger partial charge in [-0.2, -0.15) is 0 Å². The van der Waals surface area contributed by atoms with E-state index in [1.165, 1.54) is 0 Å². The van der Waals surface area contributed by atoms with Crippen LogP contribution in [0.3, 0.4) is 0 Å². The number of amides is 2. The molecule has 0 unspecified atom stereocenters. The van der Waals surface area contributed by atoms with Crippen molar-refractivity contribution in [2.24, 2.45) is 0 Å². The Morgan fingerprint density at radius 3 is 3.00 bits per heavy atom. The highest BCUT2D eigenvalue weighted by Crippen LogP contribution is 2.28. The molecule has 2 heterocycles. The zero-order chi connectivity index (χ0) is 12.7. The minimum Gasteiger partial charge on any atom is -0.440 e. The molecule has 1 aliphatic heterocycles. The van der Waals surface area contributed by atoms with E-state index in [-0.39, 0.29) is 11.8 Å². The summed E-state index contributed by atoms with van der Waals surface area (Å²) >= 11 is 5.86. The number of nitrogens with one attached hydrogen (secondary N) is 1. The Balaban J connectivity index is 1.99. The van der Waals surface area contributed by atoms with Gasteiger partial charge in [0, 0.05) is 11.4 Å². The van der Waals surface area contributed by atoms with E-state index in [2.05, 4.69) is 10.3 Å². The Morgan fingerprint density at radius 1 is 1.39 bits per heavy atom. The number of imide groups is 1. The van der Waals surface area contributed by atoms with Crippen LogP contribution < -0.4 is 5.32 Å².